The standard InChI is InChI=1S/C11H20N4S/c1-3-6-12-11-10(13-14-16-11)8-15-7-4-5-9(15)2/h9,12H,3-8H2,1-2H3. The van der Waals surface area contributed by atoms with Crippen LogP contribution in [0.4, 0.5) is 5.00 Å². The van der Waals surface area contributed by atoms with Crippen molar-refractivity contribution in [3.63, 3.8) is 0 Å². The van der Waals surface area contributed by atoms with E-state index in [1.165, 1.54) is 30.9 Å². The lowest BCUT2D eigenvalue weighted by atomic mass is 10.2. The molecule has 5 heteroatoms. The lowest BCUT2D eigenvalue weighted by molar-refractivity contribution is 0.257. The Balaban J connectivity index is 1.95. The van der Waals surface area contributed by atoms with Crippen LogP contribution in [0.2, 0.25) is 0 Å². The number of nitrogens with one attached hydrogen (secondary N) is 1. The Bertz CT molecular complexity index is 326. The van der Waals surface area contributed by atoms with E-state index in [0.29, 0.717) is 6.04 Å². The fourth-order valence-corrected chi connectivity index (χ4v) is 2.70. The van der Waals surface area contributed by atoms with E-state index in [2.05, 4.69) is 33.7 Å². The number of hydrogen-bond acceptors (Lipinski definition) is 5. The van der Waals surface area contributed by atoms with Crippen molar-refractivity contribution in [1.29, 1.82) is 0 Å². The summed E-state index contributed by atoms with van der Waals surface area (Å²) in [6.45, 7) is 7.62. The Morgan fingerprint density at radius 2 is 2.44 bits per heavy atom. The third kappa shape index (κ3) is 2.71. The third-order valence-electron chi connectivity index (χ3n) is 3.13. The molecule has 1 atom stereocenters. The Morgan fingerprint density at radius 3 is 3.12 bits per heavy atom. The Morgan fingerprint density at radius 1 is 1.56 bits per heavy atom. The normalized spacial score (nSPS) is 21.5. The molecule has 4 nitrogen and oxygen atoms in total. The third-order valence-corrected chi connectivity index (χ3v) is 3.86. The summed E-state index contributed by atoms with van der Waals surface area (Å²) in [5.74, 6) is 0. The SMILES string of the molecule is CCCNc1snnc1CN1CCCC1C. The predicted octanol–water partition coefficient (Wildman–Crippen LogP) is 2.34. The van der Waals surface area contributed by atoms with Gasteiger partial charge in [0, 0.05) is 30.7 Å². The summed E-state index contributed by atoms with van der Waals surface area (Å²) < 4.78 is 4.04. The van der Waals surface area contributed by atoms with Crippen LogP contribution < -0.4 is 5.32 Å². The number of anilines is 1. The van der Waals surface area contributed by atoms with Crippen molar-refractivity contribution in [2.45, 2.75) is 45.7 Å². The highest BCUT2D eigenvalue weighted by Crippen LogP contribution is 2.24. The zero-order valence-corrected chi connectivity index (χ0v) is 10.9. The first-order valence-electron chi connectivity index (χ1n) is 6.10. The zero-order valence-electron chi connectivity index (χ0n) is 10.1. The van der Waals surface area contributed by atoms with Crippen LogP contribution >= 0.6 is 11.5 Å². The van der Waals surface area contributed by atoms with Crippen molar-refractivity contribution >= 4 is 16.5 Å². The molecule has 0 bridgehead atoms. The van der Waals surface area contributed by atoms with Crippen LogP contribution in [0.5, 0.6) is 0 Å². The smallest absolute Gasteiger partial charge is 0.134 e. The maximum absolute atomic E-state index is 4.23. The number of likely N-dealkylation sites (tertiary alicyclic amines) is 1. The van der Waals surface area contributed by atoms with Crippen molar-refractivity contribution < 1.29 is 0 Å². The molecule has 90 valence electrons. The van der Waals surface area contributed by atoms with Crippen molar-refractivity contribution in [3.8, 4) is 0 Å². The molecule has 0 aromatic carbocycles. The Labute approximate surface area is 101 Å². The molecule has 0 spiro atoms. The molecular formula is C11H20N4S. The monoisotopic (exact) mass is 240 g/mol. The first kappa shape index (κ1) is 11.8. The van der Waals surface area contributed by atoms with Crippen LogP contribution in [0.25, 0.3) is 0 Å². The molecule has 1 unspecified atom stereocenters. The highest BCUT2D eigenvalue weighted by Gasteiger charge is 2.22. The summed E-state index contributed by atoms with van der Waals surface area (Å²) >= 11 is 1.48. The van der Waals surface area contributed by atoms with Gasteiger partial charge in [0.2, 0.25) is 0 Å². The van der Waals surface area contributed by atoms with E-state index in [4.69, 9.17) is 0 Å². The van der Waals surface area contributed by atoms with Crippen LogP contribution in [0, 0.1) is 0 Å². The van der Waals surface area contributed by atoms with Crippen LogP contribution in [-0.2, 0) is 6.54 Å². The minimum absolute atomic E-state index is 0.695. The fourth-order valence-electron chi connectivity index (χ4n) is 2.10. The van der Waals surface area contributed by atoms with Crippen molar-refractivity contribution in [3.05, 3.63) is 5.69 Å². The molecular weight excluding hydrogens is 220 g/mol. The van der Waals surface area contributed by atoms with E-state index < -0.39 is 0 Å². The number of hydrogen-bond donors (Lipinski definition) is 1. The highest BCUT2D eigenvalue weighted by molar-refractivity contribution is 7.10. The fraction of sp³-hybridized carbons (Fsp3) is 0.818. The average molecular weight is 240 g/mol. The second-order valence-corrected chi connectivity index (χ2v) is 5.19. The molecule has 1 aromatic heterocycles. The largest absolute Gasteiger partial charge is 0.374 e. The summed E-state index contributed by atoms with van der Waals surface area (Å²) in [6.07, 6.45) is 3.77. The van der Waals surface area contributed by atoms with Crippen LogP contribution in [-0.4, -0.2) is 33.6 Å². The van der Waals surface area contributed by atoms with Gasteiger partial charge in [0.1, 0.15) is 10.7 Å². The first-order chi connectivity index (χ1) is 7.81. The van der Waals surface area contributed by atoms with Crippen molar-refractivity contribution in [1.82, 2.24) is 14.5 Å². The van der Waals surface area contributed by atoms with E-state index >= 15 is 0 Å². The molecule has 0 aliphatic carbocycles. The van der Waals surface area contributed by atoms with E-state index in [-0.39, 0.29) is 0 Å². The zero-order chi connectivity index (χ0) is 11.4. The van der Waals surface area contributed by atoms with Crippen LogP contribution in [0.3, 0.4) is 0 Å². The van der Waals surface area contributed by atoms with Gasteiger partial charge in [-0.2, -0.15) is 0 Å². The van der Waals surface area contributed by atoms with E-state index in [1.807, 2.05) is 0 Å². The first-order valence-corrected chi connectivity index (χ1v) is 6.87. The molecule has 2 rings (SSSR count). The molecule has 0 saturated carbocycles. The molecule has 1 N–H and O–H groups in total. The summed E-state index contributed by atoms with van der Waals surface area (Å²) in [5, 5.41) is 8.78. The highest BCUT2D eigenvalue weighted by atomic mass is 32.1. The van der Waals surface area contributed by atoms with Crippen LogP contribution in [0.1, 0.15) is 38.8 Å². The van der Waals surface area contributed by atoms with Gasteiger partial charge in [0.15, 0.2) is 0 Å². The lowest BCUT2D eigenvalue weighted by Crippen LogP contribution is -2.26. The molecule has 16 heavy (non-hydrogen) atoms. The van der Waals surface area contributed by atoms with Crippen molar-refractivity contribution in [2.75, 3.05) is 18.4 Å². The minimum atomic E-state index is 0.695. The van der Waals surface area contributed by atoms with Gasteiger partial charge in [-0.25, -0.2) is 0 Å². The Hall–Kier alpha value is -0.680. The van der Waals surface area contributed by atoms with Gasteiger partial charge in [-0.15, -0.1) is 5.10 Å². The molecule has 1 fully saturated rings. The van der Waals surface area contributed by atoms with Gasteiger partial charge in [-0.05, 0) is 32.7 Å². The molecule has 1 aromatic rings. The van der Waals surface area contributed by atoms with Gasteiger partial charge >= 0.3 is 0 Å². The second-order valence-electron chi connectivity index (χ2n) is 4.44. The van der Waals surface area contributed by atoms with Crippen molar-refractivity contribution in [2.24, 2.45) is 0 Å². The van der Waals surface area contributed by atoms with E-state index in [1.54, 1.807) is 0 Å². The topological polar surface area (TPSA) is 41.1 Å². The maximum Gasteiger partial charge on any atom is 0.134 e. The molecule has 2 heterocycles. The predicted molar refractivity (Wildman–Crippen MR) is 67.8 cm³/mol. The summed E-state index contributed by atoms with van der Waals surface area (Å²) in [6, 6.07) is 0.695. The summed E-state index contributed by atoms with van der Waals surface area (Å²) in [5.41, 5.74) is 1.12. The van der Waals surface area contributed by atoms with Gasteiger partial charge in [-0.3, -0.25) is 4.90 Å². The van der Waals surface area contributed by atoms with Gasteiger partial charge < -0.3 is 5.32 Å². The maximum atomic E-state index is 4.23. The Kier molecular flexibility index (Phi) is 4.12. The van der Waals surface area contributed by atoms with Gasteiger partial charge in [0.25, 0.3) is 0 Å². The average Bonchev–Trinajstić information content (AvgIpc) is 2.87. The van der Waals surface area contributed by atoms with Gasteiger partial charge in [0.05, 0.1) is 0 Å². The lowest BCUT2D eigenvalue weighted by Gasteiger charge is -2.19. The number of nitrogens with zero attached hydrogens (tertiary/aromatic N) is 3. The number of rotatable bonds is 5. The molecule has 1 aliphatic rings. The molecule has 1 saturated heterocycles. The molecule has 0 radical (unpaired) electrons. The minimum Gasteiger partial charge on any atom is -0.374 e. The summed E-state index contributed by atoms with van der Waals surface area (Å²) in [4.78, 5) is 2.49. The van der Waals surface area contributed by atoms with E-state index in [0.717, 1.165) is 30.2 Å². The molecule has 1 aliphatic heterocycles. The second kappa shape index (κ2) is 5.59. The number of aromatic nitrogens is 2. The summed E-state index contributed by atoms with van der Waals surface area (Å²) in [7, 11) is 0. The van der Waals surface area contributed by atoms with Crippen LogP contribution in [0.15, 0.2) is 0 Å². The quantitative estimate of drug-likeness (QED) is 0.857. The van der Waals surface area contributed by atoms with E-state index in [9.17, 15) is 0 Å². The van der Waals surface area contributed by atoms with Gasteiger partial charge in [-0.1, -0.05) is 11.4 Å². The molecule has 0 amide bonds.